The first-order valence-corrected chi connectivity index (χ1v) is 11.8. The van der Waals surface area contributed by atoms with Crippen molar-refractivity contribution in [2.24, 2.45) is 17.3 Å². The number of carbonyl (C=O) groups excluding carboxylic acids is 1. The van der Waals surface area contributed by atoms with Crippen LogP contribution in [0.2, 0.25) is 0 Å². The molecule has 3 saturated carbocycles. The third-order valence-electron chi connectivity index (χ3n) is 8.03. The number of ketones is 1. The molecular formula is C26H40O5. The van der Waals surface area contributed by atoms with E-state index in [1.54, 1.807) is 0 Å². The Morgan fingerprint density at radius 3 is 2.71 bits per heavy atom. The van der Waals surface area contributed by atoms with Crippen molar-refractivity contribution in [2.75, 3.05) is 6.61 Å². The minimum atomic E-state index is -1.36. The molecule has 3 fully saturated rings. The first-order chi connectivity index (χ1) is 14.4. The predicted molar refractivity (Wildman–Crippen MR) is 121 cm³/mol. The summed E-state index contributed by atoms with van der Waals surface area (Å²) >= 11 is 0. The second-order valence-electron chi connectivity index (χ2n) is 10.7. The van der Waals surface area contributed by atoms with Gasteiger partial charge in [0.2, 0.25) is 0 Å². The summed E-state index contributed by atoms with van der Waals surface area (Å²) in [4.78, 5) is 12.1. The lowest BCUT2D eigenvalue weighted by Gasteiger charge is -2.44. The zero-order valence-corrected chi connectivity index (χ0v) is 19.6. The summed E-state index contributed by atoms with van der Waals surface area (Å²) < 4.78 is 5.95. The number of hydrogen-bond donors (Lipinski definition) is 3. The Hall–Kier alpha value is -1.27. The molecular weight excluding hydrogens is 392 g/mol. The van der Waals surface area contributed by atoms with Crippen LogP contribution in [0.15, 0.2) is 35.5 Å². The number of aliphatic hydroxyl groups excluding tert-OH is 2. The highest BCUT2D eigenvalue weighted by molar-refractivity contribution is 5.87. The Labute approximate surface area is 186 Å². The highest BCUT2D eigenvalue weighted by atomic mass is 16.5. The first-order valence-electron chi connectivity index (χ1n) is 11.8. The summed E-state index contributed by atoms with van der Waals surface area (Å²) in [6, 6.07) is 0. The normalized spacial score (nSPS) is 37.8. The summed E-state index contributed by atoms with van der Waals surface area (Å²) in [5, 5.41) is 30.0. The molecule has 5 heteroatoms. The highest BCUT2D eigenvalue weighted by Gasteiger charge is 2.51. The maximum atomic E-state index is 12.1. The molecule has 3 aliphatic rings. The van der Waals surface area contributed by atoms with Gasteiger partial charge in [0.1, 0.15) is 12.2 Å². The quantitative estimate of drug-likeness (QED) is 0.593. The van der Waals surface area contributed by atoms with Gasteiger partial charge in [-0.2, -0.15) is 0 Å². The number of ether oxygens (including phenoxy) is 1. The van der Waals surface area contributed by atoms with Crippen LogP contribution < -0.4 is 0 Å². The monoisotopic (exact) mass is 432 g/mol. The Bertz CT molecular complexity index is 758. The molecule has 3 aliphatic carbocycles. The van der Waals surface area contributed by atoms with Crippen LogP contribution in [0, 0.1) is 17.3 Å². The number of aliphatic hydroxyl groups is 3. The number of Topliss-reactive ketones (excluding diaryl/α,β-unsaturated/α-hetero) is 1. The molecule has 174 valence electrons. The lowest BCUT2D eigenvalue weighted by Crippen LogP contribution is -2.41. The van der Waals surface area contributed by atoms with E-state index in [9.17, 15) is 20.1 Å². The SMILES string of the molecule is C=C1/C(=C/C=C2\CCC[C@]3(C)[C@@H]([C@H](C)OCC(=O)C(C)(C)O)CC[C@@H]23)C[C@@H](O)C[C@@H]1O. The third kappa shape index (κ3) is 5.22. The highest BCUT2D eigenvalue weighted by Crippen LogP contribution is 2.58. The van der Waals surface area contributed by atoms with Gasteiger partial charge in [0.15, 0.2) is 5.78 Å². The van der Waals surface area contributed by atoms with Gasteiger partial charge in [-0.15, -0.1) is 0 Å². The van der Waals surface area contributed by atoms with Gasteiger partial charge in [-0.05, 0) is 87.7 Å². The molecule has 0 spiro atoms. The average molecular weight is 433 g/mol. The average Bonchev–Trinajstić information content (AvgIpc) is 3.04. The van der Waals surface area contributed by atoms with Gasteiger partial charge in [-0.1, -0.05) is 31.2 Å². The second kappa shape index (κ2) is 9.30. The lowest BCUT2D eigenvalue weighted by molar-refractivity contribution is -0.142. The Morgan fingerprint density at radius 2 is 2.03 bits per heavy atom. The molecule has 0 heterocycles. The van der Waals surface area contributed by atoms with Crippen LogP contribution in [0.4, 0.5) is 0 Å². The zero-order valence-electron chi connectivity index (χ0n) is 19.6. The molecule has 31 heavy (non-hydrogen) atoms. The maximum Gasteiger partial charge on any atom is 0.189 e. The van der Waals surface area contributed by atoms with Crippen molar-refractivity contribution >= 4 is 5.78 Å². The lowest BCUT2D eigenvalue weighted by atomic mass is 9.62. The molecule has 3 rings (SSSR count). The minimum absolute atomic E-state index is 0.0394. The van der Waals surface area contributed by atoms with Crippen molar-refractivity contribution in [2.45, 2.75) is 96.6 Å². The fourth-order valence-electron chi connectivity index (χ4n) is 6.02. The van der Waals surface area contributed by atoms with Gasteiger partial charge in [-0.3, -0.25) is 4.79 Å². The van der Waals surface area contributed by atoms with Gasteiger partial charge in [0.25, 0.3) is 0 Å². The van der Waals surface area contributed by atoms with Crippen LogP contribution >= 0.6 is 0 Å². The van der Waals surface area contributed by atoms with E-state index in [4.69, 9.17) is 4.74 Å². The Kier molecular flexibility index (Phi) is 7.31. The van der Waals surface area contributed by atoms with Crippen molar-refractivity contribution < 1.29 is 24.9 Å². The predicted octanol–water partition coefficient (Wildman–Crippen LogP) is 3.87. The number of rotatable bonds is 6. The number of allylic oxidation sites excluding steroid dienone is 3. The smallest absolute Gasteiger partial charge is 0.189 e. The summed E-state index contributed by atoms with van der Waals surface area (Å²) in [5.74, 6) is 0.564. The minimum Gasteiger partial charge on any atom is -0.393 e. The van der Waals surface area contributed by atoms with E-state index in [-0.39, 0.29) is 23.9 Å². The second-order valence-corrected chi connectivity index (χ2v) is 10.7. The van der Waals surface area contributed by atoms with Crippen molar-refractivity contribution in [3.63, 3.8) is 0 Å². The fourth-order valence-corrected chi connectivity index (χ4v) is 6.02. The van der Waals surface area contributed by atoms with Crippen LogP contribution in [0.1, 0.15) is 72.6 Å². The van der Waals surface area contributed by atoms with E-state index in [0.717, 1.165) is 43.3 Å². The Morgan fingerprint density at radius 1 is 1.32 bits per heavy atom. The van der Waals surface area contributed by atoms with Crippen LogP contribution in [-0.2, 0) is 9.53 Å². The van der Waals surface area contributed by atoms with E-state index in [2.05, 4.69) is 32.6 Å². The zero-order chi connectivity index (χ0) is 23.0. The van der Waals surface area contributed by atoms with E-state index in [0.29, 0.717) is 24.7 Å². The van der Waals surface area contributed by atoms with Gasteiger partial charge < -0.3 is 20.1 Å². The van der Waals surface area contributed by atoms with Crippen molar-refractivity contribution in [1.29, 1.82) is 0 Å². The molecule has 0 aliphatic heterocycles. The van der Waals surface area contributed by atoms with Crippen molar-refractivity contribution in [1.82, 2.24) is 0 Å². The van der Waals surface area contributed by atoms with Crippen molar-refractivity contribution in [3.8, 4) is 0 Å². The van der Waals surface area contributed by atoms with Crippen LogP contribution in [-0.4, -0.2) is 51.6 Å². The molecule has 0 saturated heterocycles. The van der Waals surface area contributed by atoms with E-state index >= 15 is 0 Å². The number of hydrogen-bond acceptors (Lipinski definition) is 5. The molecule has 0 aromatic carbocycles. The summed E-state index contributed by atoms with van der Waals surface area (Å²) in [5.41, 5.74) is 1.87. The summed E-state index contributed by atoms with van der Waals surface area (Å²) in [6.45, 7) is 11.4. The maximum absolute atomic E-state index is 12.1. The third-order valence-corrected chi connectivity index (χ3v) is 8.03. The van der Waals surface area contributed by atoms with Crippen LogP contribution in [0.3, 0.4) is 0 Å². The number of carbonyl (C=O) groups is 1. The van der Waals surface area contributed by atoms with Gasteiger partial charge in [0.05, 0.1) is 18.3 Å². The molecule has 0 aromatic heterocycles. The van der Waals surface area contributed by atoms with Crippen LogP contribution in [0.25, 0.3) is 0 Å². The molecule has 0 radical (unpaired) electrons. The summed E-state index contributed by atoms with van der Waals surface area (Å²) in [7, 11) is 0. The molecule has 3 N–H and O–H groups in total. The fraction of sp³-hybridized carbons (Fsp3) is 0.731. The van der Waals surface area contributed by atoms with Gasteiger partial charge in [-0.25, -0.2) is 0 Å². The first kappa shape index (κ1) is 24.4. The molecule has 0 amide bonds. The largest absolute Gasteiger partial charge is 0.393 e. The topological polar surface area (TPSA) is 87.0 Å². The standard InChI is InChI=1S/C26H40O5/c1-16-19(13-20(27)14-23(16)28)9-8-18-7-6-12-26(5)21(10-11-22(18)26)17(2)31-15-24(29)25(3,4)30/h8-9,17,20-23,27-28,30H,1,6-7,10-15H2,2-5H3/b18-8+,19-9+/t17-,20+,21+,22-,23-,26+/m0/s1. The summed E-state index contributed by atoms with van der Waals surface area (Å²) in [6.07, 6.45) is 9.48. The Balaban J connectivity index is 1.72. The molecule has 6 atom stereocenters. The molecule has 0 bridgehead atoms. The van der Waals surface area contributed by atoms with E-state index in [1.807, 2.05) is 0 Å². The molecule has 0 unspecified atom stereocenters. The van der Waals surface area contributed by atoms with Crippen LogP contribution in [0.5, 0.6) is 0 Å². The van der Waals surface area contributed by atoms with E-state index < -0.39 is 17.8 Å². The van der Waals surface area contributed by atoms with Gasteiger partial charge in [0, 0.05) is 6.42 Å². The van der Waals surface area contributed by atoms with E-state index in [1.165, 1.54) is 19.4 Å². The molecule has 5 nitrogen and oxygen atoms in total. The van der Waals surface area contributed by atoms with Gasteiger partial charge >= 0.3 is 0 Å². The number of fused-ring (bicyclic) bond motifs is 1. The van der Waals surface area contributed by atoms with Crippen molar-refractivity contribution in [3.05, 3.63) is 35.5 Å². The molecule has 0 aromatic rings.